The van der Waals surface area contributed by atoms with E-state index in [1.165, 1.54) is 0 Å². The van der Waals surface area contributed by atoms with Gasteiger partial charge in [-0.3, -0.25) is 4.79 Å². The molecule has 4 nitrogen and oxygen atoms in total. The normalized spacial score (nSPS) is 20.9. The van der Waals surface area contributed by atoms with Crippen molar-refractivity contribution in [1.29, 1.82) is 0 Å². The van der Waals surface area contributed by atoms with Crippen LogP contribution in [0.5, 0.6) is 0 Å². The molecule has 20 heavy (non-hydrogen) atoms. The summed E-state index contributed by atoms with van der Waals surface area (Å²) >= 11 is 0. The number of nitrogens with zero attached hydrogens (tertiary/aromatic N) is 1. The third-order valence-corrected chi connectivity index (χ3v) is 4.19. The maximum absolute atomic E-state index is 12.9. The van der Waals surface area contributed by atoms with Gasteiger partial charge in [-0.2, -0.15) is 0 Å². The summed E-state index contributed by atoms with van der Waals surface area (Å²) in [4.78, 5) is 14.9. The summed E-state index contributed by atoms with van der Waals surface area (Å²) in [7, 11) is 1.69. The molecule has 1 aliphatic carbocycles. The number of carbonyl (C=O) groups is 1. The Hall–Kier alpha value is -1.55. The summed E-state index contributed by atoms with van der Waals surface area (Å²) in [5.74, 6) is 0.281. The highest BCUT2D eigenvalue weighted by atomic mass is 16.5. The average Bonchev–Trinajstić information content (AvgIpc) is 3.31. The number of carbonyl (C=O) groups excluding carboxylic acids is 1. The van der Waals surface area contributed by atoms with E-state index in [2.05, 4.69) is 17.4 Å². The van der Waals surface area contributed by atoms with Crippen LogP contribution in [0.2, 0.25) is 0 Å². The topological polar surface area (TPSA) is 41.6 Å². The van der Waals surface area contributed by atoms with Crippen molar-refractivity contribution < 1.29 is 9.53 Å². The van der Waals surface area contributed by atoms with Gasteiger partial charge in [-0.05, 0) is 30.9 Å². The second kappa shape index (κ2) is 5.83. The number of ether oxygens (including phenoxy) is 1. The Bertz CT molecular complexity index is 485. The molecule has 1 aromatic carbocycles. The Kier molecular flexibility index (Phi) is 3.92. The van der Waals surface area contributed by atoms with E-state index in [1.54, 1.807) is 7.11 Å². The number of hydrogen-bond donors (Lipinski definition) is 1. The zero-order chi connectivity index (χ0) is 13.9. The number of methoxy groups -OCH3 is 1. The minimum Gasteiger partial charge on any atom is -0.385 e. The fourth-order valence-electron chi connectivity index (χ4n) is 2.97. The first-order chi connectivity index (χ1) is 9.81. The molecule has 1 unspecified atom stereocenters. The molecule has 1 aliphatic heterocycles. The molecule has 3 rings (SSSR count). The quantitative estimate of drug-likeness (QED) is 0.895. The molecular weight excluding hydrogens is 252 g/mol. The zero-order valence-corrected chi connectivity index (χ0v) is 12.0. The fourth-order valence-corrected chi connectivity index (χ4v) is 2.97. The molecule has 1 N–H and O–H groups in total. The summed E-state index contributed by atoms with van der Waals surface area (Å²) in [5.41, 5.74) is 2.26. The first kappa shape index (κ1) is 13.4. The number of para-hydroxylation sites is 1. The largest absolute Gasteiger partial charge is 0.385 e. The molecule has 4 heteroatoms. The van der Waals surface area contributed by atoms with Crippen LogP contribution in [-0.2, 0) is 9.53 Å². The van der Waals surface area contributed by atoms with Crippen molar-refractivity contribution in [2.45, 2.75) is 31.2 Å². The molecule has 1 atom stereocenters. The number of hydrogen-bond acceptors (Lipinski definition) is 3. The van der Waals surface area contributed by atoms with Gasteiger partial charge in [0.25, 0.3) is 0 Å². The molecule has 0 radical (unpaired) electrons. The van der Waals surface area contributed by atoms with Crippen molar-refractivity contribution in [1.82, 2.24) is 4.90 Å². The van der Waals surface area contributed by atoms with Crippen LogP contribution < -0.4 is 5.32 Å². The van der Waals surface area contributed by atoms with Gasteiger partial charge in [-0.1, -0.05) is 18.2 Å². The van der Waals surface area contributed by atoms with Crippen LogP contribution in [0.1, 0.15) is 30.7 Å². The van der Waals surface area contributed by atoms with E-state index in [1.807, 2.05) is 17.0 Å². The lowest BCUT2D eigenvalue weighted by Crippen LogP contribution is -2.40. The second-order valence-corrected chi connectivity index (χ2v) is 5.61. The lowest BCUT2D eigenvalue weighted by atomic mass is 9.89. The van der Waals surface area contributed by atoms with Crippen molar-refractivity contribution >= 4 is 11.6 Å². The number of benzene rings is 1. The molecule has 108 valence electrons. The molecule has 0 saturated heterocycles. The van der Waals surface area contributed by atoms with Gasteiger partial charge in [0.15, 0.2) is 0 Å². The molecule has 1 saturated carbocycles. The lowest BCUT2D eigenvalue weighted by molar-refractivity contribution is -0.134. The van der Waals surface area contributed by atoms with Crippen LogP contribution in [0.3, 0.4) is 0 Å². The summed E-state index contributed by atoms with van der Waals surface area (Å²) in [6.07, 6.45) is 3.16. The third kappa shape index (κ3) is 2.66. The number of nitrogens with one attached hydrogen (secondary N) is 1. The molecular formula is C16H22N2O2. The monoisotopic (exact) mass is 274 g/mol. The molecule has 1 heterocycles. The van der Waals surface area contributed by atoms with Crippen LogP contribution >= 0.6 is 0 Å². The predicted octanol–water partition coefficient (Wildman–Crippen LogP) is 2.22. The maximum Gasteiger partial charge on any atom is 0.230 e. The highest BCUT2D eigenvalue weighted by Crippen LogP contribution is 2.36. The Morgan fingerprint density at radius 2 is 2.15 bits per heavy atom. The maximum atomic E-state index is 12.9. The Balaban J connectivity index is 1.79. The summed E-state index contributed by atoms with van der Waals surface area (Å²) < 4.78 is 5.15. The van der Waals surface area contributed by atoms with Crippen molar-refractivity contribution in [2.75, 3.05) is 32.1 Å². The van der Waals surface area contributed by atoms with Gasteiger partial charge >= 0.3 is 0 Å². The Labute approximate surface area is 120 Å². The van der Waals surface area contributed by atoms with E-state index in [0.29, 0.717) is 19.2 Å². The van der Waals surface area contributed by atoms with Crippen LogP contribution in [0, 0.1) is 0 Å². The number of anilines is 1. The zero-order valence-electron chi connectivity index (χ0n) is 12.0. The molecule has 0 aromatic heterocycles. The summed E-state index contributed by atoms with van der Waals surface area (Å²) in [5, 5.41) is 3.38. The van der Waals surface area contributed by atoms with Crippen LogP contribution in [0.4, 0.5) is 5.69 Å². The average molecular weight is 274 g/mol. The minimum atomic E-state index is 0.00454. The molecule has 1 fully saturated rings. The number of rotatable bonds is 5. The first-order valence-corrected chi connectivity index (χ1v) is 7.43. The van der Waals surface area contributed by atoms with Crippen LogP contribution in [0.15, 0.2) is 24.3 Å². The van der Waals surface area contributed by atoms with Crippen LogP contribution in [0.25, 0.3) is 0 Å². The summed E-state index contributed by atoms with van der Waals surface area (Å²) in [6.45, 7) is 2.21. The fraction of sp³-hybridized carbons (Fsp3) is 0.562. The molecule has 0 bridgehead atoms. The van der Waals surface area contributed by atoms with Gasteiger partial charge < -0.3 is 15.0 Å². The Morgan fingerprint density at radius 1 is 1.35 bits per heavy atom. The van der Waals surface area contributed by atoms with Crippen molar-refractivity contribution in [2.24, 2.45) is 0 Å². The second-order valence-electron chi connectivity index (χ2n) is 5.61. The molecule has 0 spiro atoms. The van der Waals surface area contributed by atoms with E-state index in [4.69, 9.17) is 4.74 Å². The van der Waals surface area contributed by atoms with Gasteiger partial charge in [0.1, 0.15) is 0 Å². The Morgan fingerprint density at radius 3 is 2.90 bits per heavy atom. The van der Waals surface area contributed by atoms with Gasteiger partial charge in [-0.25, -0.2) is 0 Å². The minimum absolute atomic E-state index is 0.00454. The van der Waals surface area contributed by atoms with E-state index < -0.39 is 0 Å². The highest BCUT2D eigenvalue weighted by Gasteiger charge is 2.37. The van der Waals surface area contributed by atoms with Crippen molar-refractivity contribution in [3.63, 3.8) is 0 Å². The SMILES string of the molecule is COCCN(C(=O)C1CCNc2ccccc21)C1CC1. The van der Waals surface area contributed by atoms with E-state index in [9.17, 15) is 4.79 Å². The number of fused-ring (bicyclic) bond motifs is 1. The van der Waals surface area contributed by atoms with E-state index in [0.717, 1.165) is 37.1 Å². The highest BCUT2D eigenvalue weighted by molar-refractivity contribution is 5.86. The van der Waals surface area contributed by atoms with Gasteiger partial charge in [0.05, 0.1) is 12.5 Å². The van der Waals surface area contributed by atoms with E-state index in [-0.39, 0.29) is 11.8 Å². The van der Waals surface area contributed by atoms with Gasteiger partial charge in [0, 0.05) is 31.9 Å². The lowest BCUT2D eigenvalue weighted by Gasteiger charge is -2.31. The third-order valence-electron chi connectivity index (χ3n) is 4.19. The first-order valence-electron chi connectivity index (χ1n) is 7.43. The van der Waals surface area contributed by atoms with E-state index >= 15 is 0 Å². The smallest absolute Gasteiger partial charge is 0.230 e. The molecule has 1 aromatic rings. The number of amides is 1. The van der Waals surface area contributed by atoms with Gasteiger partial charge in [0.2, 0.25) is 5.91 Å². The van der Waals surface area contributed by atoms with Crippen LogP contribution in [-0.4, -0.2) is 43.7 Å². The molecule has 2 aliphatic rings. The van der Waals surface area contributed by atoms with Crippen molar-refractivity contribution in [3.05, 3.63) is 29.8 Å². The van der Waals surface area contributed by atoms with Gasteiger partial charge in [-0.15, -0.1) is 0 Å². The predicted molar refractivity (Wildman–Crippen MR) is 78.9 cm³/mol. The summed E-state index contributed by atoms with van der Waals surface area (Å²) in [6, 6.07) is 8.61. The standard InChI is InChI=1S/C16H22N2O2/c1-20-11-10-18(12-6-7-12)16(19)14-8-9-17-15-5-3-2-4-13(14)15/h2-5,12,14,17H,6-11H2,1H3. The molecule has 1 amide bonds. The van der Waals surface area contributed by atoms with Crippen molar-refractivity contribution in [3.8, 4) is 0 Å².